The number of carbonyl (C=O) groups excluding carboxylic acids is 1. The van der Waals surface area contributed by atoms with Crippen LogP contribution in [0.4, 0.5) is 0 Å². The van der Waals surface area contributed by atoms with E-state index in [0.29, 0.717) is 18.1 Å². The highest BCUT2D eigenvalue weighted by Crippen LogP contribution is 2.23. The van der Waals surface area contributed by atoms with Crippen LogP contribution in [0.5, 0.6) is 5.75 Å². The topological polar surface area (TPSA) is 60.5 Å². The van der Waals surface area contributed by atoms with Crippen LogP contribution in [0.15, 0.2) is 58.4 Å². The molecule has 0 aliphatic heterocycles. The van der Waals surface area contributed by atoms with Gasteiger partial charge in [-0.2, -0.15) is 0 Å². The third-order valence-electron chi connectivity index (χ3n) is 3.94. The Labute approximate surface area is 156 Å². The molecule has 7 heteroatoms. The van der Waals surface area contributed by atoms with Gasteiger partial charge in [0.15, 0.2) is 10.9 Å². The second-order valence-electron chi connectivity index (χ2n) is 5.85. The summed E-state index contributed by atoms with van der Waals surface area (Å²) in [6.07, 6.45) is 3.65. The van der Waals surface area contributed by atoms with Gasteiger partial charge in [-0.15, -0.1) is 0 Å². The number of carbonyl (C=O) groups is 1. The van der Waals surface area contributed by atoms with Gasteiger partial charge in [0.05, 0.1) is 12.9 Å². The predicted octanol–water partition coefficient (Wildman–Crippen LogP) is 3.59. The van der Waals surface area contributed by atoms with Crippen molar-refractivity contribution in [2.45, 2.75) is 17.5 Å². The Morgan fingerprint density at radius 3 is 2.85 bits per heavy atom. The molecule has 0 radical (unpaired) electrons. The van der Waals surface area contributed by atoms with Crippen LogP contribution in [0.3, 0.4) is 0 Å². The summed E-state index contributed by atoms with van der Waals surface area (Å²) in [5, 5.41) is 0.905. The third kappa shape index (κ3) is 4.11. The zero-order chi connectivity index (χ0) is 18.5. The SMILES string of the molecule is COc1ccccc1CN(C)C(=O)c1ccc(CSc2nccn2C)o1. The number of amides is 1. The number of nitrogens with zero attached hydrogens (tertiary/aromatic N) is 3. The Morgan fingerprint density at radius 1 is 1.31 bits per heavy atom. The number of imidazole rings is 1. The molecule has 0 unspecified atom stereocenters. The van der Waals surface area contributed by atoms with E-state index in [9.17, 15) is 4.79 Å². The van der Waals surface area contributed by atoms with Gasteiger partial charge in [-0.25, -0.2) is 4.98 Å². The number of ether oxygens (including phenoxy) is 1. The van der Waals surface area contributed by atoms with Crippen molar-refractivity contribution in [3.8, 4) is 5.75 Å². The maximum atomic E-state index is 12.6. The van der Waals surface area contributed by atoms with Crippen LogP contribution in [-0.4, -0.2) is 34.5 Å². The van der Waals surface area contributed by atoms with Crippen molar-refractivity contribution in [1.82, 2.24) is 14.5 Å². The van der Waals surface area contributed by atoms with Gasteiger partial charge in [-0.3, -0.25) is 4.79 Å². The van der Waals surface area contributed by atoms with Gasteiger partial charge in [-0.1, -0.05) is 30.0 Å². The summed E-state index contributed by atoms with van der Waals surface area (Å²) < 4.78 is 13.0. The summed E-state index contributed by atoms with van der Waals surface area (Å²) >= 11 is 1.56. The minimum Gasteiger partial charge on any atom is -0.496 e. The third-order valence-corrected chi connectivity index (χ3v) is 5.02. The average molecular weight is 371 g/mol. The summed E-state index contributed by atoms with van der Waals surface area (Å²) in [5.41, 5.74) is 0.947. The van der Waals surface area contributed by atoms with Crippen molar-refractivity contribution in [3.05, 3.63) is 65.9 Å². The molecule has 136 valence electrons. The zero-order valence-corrected chi connectivity index (χ0v) is 15.8. The molecule has 3 aromatic rings. The first kappa shape index (κ1) is 18.1. The fraction of sp³-hybridized carbons (Fsp3) is 0.263. The van der Waals surface area contributed by atoms with Gasteiger partial charge >= 0.3 is 0 Å². The lowest BCUT2D eigenvalue weighted by Gasteiger charge is -2.17. The first-order chi connectivity index (χ1) is 12.6. The van der Waals surface area contributed by atoms with Crippen LogP contribution in [-0.2, 0) is 19.3 Å². The summed E-state index contributed by atoms with van der Waals surface area (Å²) in [5.74, 6) is 2.29. The standard InChI is InChI=1S/C19H21N3O3S/c1-21-11-10-20-19(21)26-13-15-8-9-17(25-15)18(23)22(2)12-14-6-4-5-7-16(14)24-3/h4-11H,12-13H2,1-3H3. The first-order valence-electron chi connectivity index (χ1n) is 8.14. The molecule has 2 aromatic heterocycles. The van der Waals surface area contributed by atoms with Crippen molar-refractivity contribution < 1.29 is 13.9 Å². The predicted molar refractivity (Wildman–Crippen MR) is 100 cm³/mol. The van der Waals surface area contributed by atoms with Crippen molar-refractivity contribution in [1.29, 1.82) is 0 Å². The number of benzene rings is 1. The Kier molecular flexibility index (Phi) is 5.68. The Bertz CT molecular complexity index is 888. The quantitative estimate of drug-likeness (QED) is 0.594. The van der Waals surface area contributed by atoms with E-state index in [0.717, 1.165) is 22.2 Å². The van der Waals surface area contributed by atoms with Crippen LogP contribution >= 0.6 is 11.8 Å². The molecule has 0 fully saturated rings. The maximum absolute atomic E-state index is 12.6. The molecule has 0 aliphatic rings. The number of para-hydroxylation sites is 1. The largest absolute Gasteiger partial charge is 0.496 e. The Balaban J connectivity index is 1.62. The second-order valence-corrected chi connectivity index (χ2v) is 6.79. The molecule has 0 aliphatic carbocycles. The van der Waals surface area contributed by atoms with Crippen LogP contribution in [0.1, 0.15) is 21.9 Å². The molecule has 1 aromatic carbocycles. The number of rotatable bonds is 7. The Morgan fingerprint density at radius 2 is 2.12 bits per heavy atom. The summed E-state index contributed by atoms with van der Waals surface area (Å²) in [7, 11) is 5.32. The molecule has 0 spiro atoms. The van der Waals surface area contributed by atoms with Gasteiger partial charge in [-0.05, 0) is 18.2 Å². The van der Waals surface area contributed by atoms with Crippen molar-refractivity contribution in [2.24, 2.45) is 7.05 Å². The number of methoxy groups -OCH3 is 1. The van der Waals surface area contributed by atoms with E-state index in [4.69, 9.17) is 9.15 Å². The monoisotopic (exact) mass is 371 g/mol. The number of aromatic nitrogens is 2. The lowest BCUT2D eigenvalue weighted by molar-refractivity contribution is 0.0751. The molecule has 0 N–H and O–H groups in total. The van der Waals surface area contributed by atoms with Gasteiger partial charge in [0, 0.05) is 38.6 Å². The highest BCUT2D eigenvalue weighted by atomic mass is 32.2. The fourth-order valence-electron chi connectivity index (χ4n) is 2.55. The van der Waals surface area contributed by atoms with Gasteiger partial charge in [0.1, 0.15) is 11.5 Å². The molecular formula is C19H21N3O3S. The second kappa shape index (κ2) is 8.14. The normalized spacial score (nSPS) is 10.7. The highest BCUT2D eigenvalue weighted by molar-refractivity contribution is 7.98. The molecule has 26 heavy (non-hydrogen) atoms. The number of hydrogen-bond acceptors (Lipinski definition) is 5. The number of aryl methyl sites for hydroxylation is 1. The summed E-state index contributed by atoms with van der Waals surface area (Å²) in [4.78, 5) is 18.5. The van der Waals surface area contributed by atoms with E-state index < -0.39 is 0 Å². The number of hydrogen-bond donors (Lipinski definition) is 0. The van der Waals surface area contributed by atoms with E-state index in [1.54, 1.807) is 43.1 Å². The minimum absolute atomic E-state index is 0.163. The van der Waals surface area contributed by atoms with E-state index in [1.165, 1.54) is 0 Å². The number of furan rings is 1. The molecule has 6 nitrogen and oxygen atoms in total. The van der Waals surface area contributed by atoms with Crippen LogP contribution in [0, 0.1) is 0 Å². The molecule has 2 heterocycles. The number of thioether (sulfide) groups is 1. The lowest BCUT2D eigenvalue weighted by atomic mass is 10.2. The smallest absolute Gasteiger partial charge is 0.289 e. The van der Waals surface area contributed by atoms with Gasteiger partial charge in [0.2, 0.25) is 0 Å². The molecular weight excluding hydrogens is 350 g/mol. The zero-order valence-electron chi connectivity index (χ0n) is 15.0. The molecule has 0 atom stereocenters. The average Bonchev–Trinajstić information content (AvgIpc) is 3.28. The lowest BCUT2D eigenvalue weighted by Crippen LogP contribution is -2.26. The van der Waals surface area contributed by atoms with Crippen molar-refractivity contribution >= 4 is 17.7 Å². The van der Waals surface area contributed by atoms with E-state index >= 15 is 0 Å². The van der Waals surface area contributed by atoms with Gasteiger partial charge in [0.25, 0.3) is 5.91 Å². The van der Waals surface area contributed by atoms with Crippen molar-refractivity contribution in [2.75, 3.05) is 14.2 Å². The molecule has 1 amide bonds. The fourth-order valence-corrected chi connectivity index (χ4v) is 3.37. The summed E-state index contributed by atoms with van der Waals surface area (Å²) in [6, 6.07) is 11.2. The Hall–Kier alpha value is -2.67. The first-order valence-corrected chi connectivity index (χ1v) is 9.13. The maximum Gasteiger partial charge on any atom is 0.289 e. The van der Waals surface area contributed by atoms with E-state index in [-0.39, 0.29) is 5.91 Å². The van der Waals surface area contributed by atoms with E-state index in [2.05, 4.69) is 4.98 Å². The highest BCUT2D eigenvalue weighted by Gasteiger charge is 2.18. The minimum atomic E-state index is -0.163. The van der Waals surface area contributed by atoms with Crippen LogP contribution < -0.4 is 4.74 Å². The van der Waals surface area contributed by atoms with Gasteiger partial charge < -0.3 is 18.6 Å². The molecule has 0 saturated carbocycles. The molecule has 0 saturated heterocycles. The van der Waals surface area contributed by atoms with Crippen LogP contribution in [0.2, 0.25) is 0 Å². The van der Waals surface area contributed by atoms with Crippen molar-refractivity contribution in [3.63, 3.8) is 0 Å². The molecule has 3 rings (SSSR count). The van der Waals surface area contributed by atoms with E-state index in [1.807, 2.05) is 48.1 Å². The molecule has 0 bridgehead atoms. The van der Waals surface area contributed by atoms with Crippen LogP contribution in [0.25, 0.3) is 0 Å². The summed E-state index contributed by atoms with van der Waals surface area (Å²) in [6.45, 7) is 0.445.